The van der Waals surface area contributed by atoms with Gasteiger partial charge in [0.05, 0.1) is 29.3 Å². The minimum atomic E-state index is -4.54. The Morgan fingerprint density at radius 3 is 2.70 bits per heavy atom. The van der Waals surface area contributed by atoms with E-state index >= 15 is 0 Å². The molecule has 2 aromatic rings. The number of halogens is 4. The number of hydrogen-bond donors (Lipinski definition) is 2. The molecule has 2 fully saturated rings. The number of rotatable bonds is 4. The van der Waals surface area contributed by atoms with Crippen molar-refractivity contribution in [1.29, 1.82) is 0 Å². The molecule has 1 aromatic heterocycles. The zero-order valence-corrected chi connectivity index (χ0v) is 16.0. The summed E-state index contributed by atoms with van der Waals surface area (Å²) in [7, 11) is 0. The average Bonchev–Trinajstić information content (AvgIpc) is 3.20. The fourth-order valence-corrected chi connectivity index (χ4v) is 4.36. The maximum Gasteiger partial charge on any atom is 0.416 e. The number of fused-ring (bicyclic) bond motifs is 2. The lowest BCUT2D eigenvalue weighted by Gasteiger charge is -2.35. The summed E-state index contributed by atoms with van der Waals surface area (Å²) in [6, 6.07) is 5.95. The van der Waals surface area contributed by atoms with Gasteiger partial charge >= 0.3 is 6.18 Å². The Morgan fingerprint density at radius 1 is 1.33 bits per heavy atom. The van der Waals surface area contributed by atoms with E-state index in [4.69, 9.17) is 4.74 Å². The summed E-state index contributed by atoms with van der Waals surface area (Å²) in [6.45, 7) is 1.60. The van der Waals surface area contributed by atoms with Crippen molar-refractivity contribution >= 4 is 11.6 Å². The lowest BCUT2D eigenvalue weighted by molar-refractivity contribution is -0.137. The van der Waals surface area contributed by atoms with Crippen molar-refractivity contribution < 1.29 is 32.2 Å². The predicted octanol–water partition coefficient (Wildman–Crippen LogP) is 3.64. The van der Waals surface area contributed by atoms with Gasteiger partial charge in [0.1, 0.15) is 0 Å². The third kappa shape index (κ3) is 3.67. The van der Waals surface area contributed by atoms with E-state index < -0.39 is 47.3 Å². The predicted molar refractivity (Wildman–Crippen MR) is 99.0 cm³/mol. The monoisotopic (exact) mass is 424 g/mol. The van der Waals surface area contributed by atoms with Gasteiger partial charge in [-0.05, 0) is 55.2 Å². The van der Waals surface area contributed by atoms with Crippen molar-refractivity contribution in [2.75, 3.05) is 5.32 Å². The van der Waals surface area contributed by atoms with Crippen molar-refractivity contribution in [3.8, 4) is 0 Å². The SMILES string of the molecule is Cc1ccc(C(F)(F)F)cc1NC(=O)[C@@]1(Cc2ccnc(F)c2)C[C@H]2O[C@@H]1C[C@@H]2O. The molecule has 160 valence electrons. The second kappa shape index (κ2) is 7.31. The number of carbonyl (C=O) groups is 1. The van der Waals surface area contributed by atoms with Crippen LogP contribution in [0.25, 0.3) is 0 Å². The number of aliphatic hydroxyl groups is 1. The number of nitrogens with one attached hydrogen (secondary N) is 1. The first-order valence-electron chi connectivity index (χ1n) is 9.52. The Bertz CT molecular complexity index is 979. The number of ether oxygens (including phenoxy) is 1. The summed E-state index contributed by atoms with van der Waals surface area (Å²) in [6.07, 6.45) is -4.60. The van der Waals surface area contributed by atoms with Crippen LogP contribution in [-0.4, -0.2) is 34.3 Å². The second-order valence-electron chi connectivity index (χ2n) is 7.97. The van der Waals surface area contributed by atoms with Crippen LogP contribution in [-0.2, 0) is 22.1 Å². The minimum absolute atomic E-state index is 0.0541. The van der Waals surface area contributed by atoms with Crippen LogP contribution in [0.1, 0.15) is 29.5 Å². The highest BCUT2D eigenvalue weighted by atomic mass is 19.4. The minimum Gasteiger partial charge on any atom is -0.390 e. The number of aliphatic hydroxyl groups excluding tert-OH is 1. The highest BCUT2D eigenvalue weighted by Gasteiger charge is 2.60. The topological polar surface area (TPSA) is 71.5 Å². The normalized spacial score (nSPS) is 28.0. The third-order valence-electron chi connectivity index (χ3n) is 5.98. The summed E-state index contributed by atoms with van der Waals surface area (Å²) in [5.41, 5.74) is -0.959. The number of aryl methyl sites for hydroxylation is 1. The molecule has 2 saturated heterocycles. The van der Waals surface area contributed by atoms with E-state index in [2.05, 4.69) is 10.3 Å². The van der Waals surface area contributed by atoms with Crippen LogP contribution in [0, 0.1) is 18.3 Å². The molecule has 0 unspecified atom stereocenters. The van der Waals surface area contributed by atoms with Gasteiger partial charge in [0.15, 0.2) is 0 Å². The van der Waals surface area contributed by atoms with Gasteiger partial charge in [0.25, 0.3) is 0 Å². The van der Waals surface area contributed by atoms with Crippen molar-refractivity contribution in [3.63, 3.8) is 0 Å². The second-order valence-corrected chi connectivity index (χ2v) is 7.97. The van der Waals surface area contributed by atoms with Gasteiger partial charge in [-0.1, -0.05) is 6.07 Å². The van der Waals surface area contributed by atoms with Crippen LogP contribution in [0.2, 0.25) is 0 Å². The molecule has 0 radical (unpaired) electrons. The molecule has 2 aliphatic rings. The fraction of sp³-hybridized carbons (Fsp3) is 0.429. The highest BCUT2D eigenvalue weighted by Crippen LogP contribution is 2.50. The molecular weight excluding hydrogens is 404 g/mol. The third-order valence-corrected chi connectivity index (χ3v) is 5.98. The molecule has 0 aliphatic carbocycles. The Labute approximate surface area is 170 Å². The Hall–Kier alpha value is -2.52. The number of carbonyl (C=O) groups excluding carboxylic acids is 1. The van der Waals surface area contributed by atoms with E-state index in [1.165, 1.54) is 18.3 Å². The molecule has 4 rings (SSSR count). The van der Waals surface area contributed by atoms with Gasteiger partial charge in [-0.15, -0.1) is 0 Å². The van der Waals surface area contributed by atoms with Gasteiger partial charge in [-0.3, -0.25) is 4.79 Å². The number of nitrogens with zero attached hydrogens (tertiary/aromatic N) is 1. The first-order chi connectivity index (χ1) is 14.1. The molecule has 2 aliphatic heterocycles. The highest BCUT2D eigenvalue weighted by molar-refractivity contribution is 5.97. The van der Waals surface area contributed by atoms with Crippen LogP contribution >= 0.6 is 0 Å². The number of pyridine rings is 1. The summed E-state index contributed by atoms with van der Waals surface area (Å²) in [5, 5.41) is 12.7. The van der Waals surface area contributed by atoms with Gasteiger partial charge in [0, 0.05) is 18.3 Å². The average molecular weight is 424 g/mol. The molecule has 1 amide bonds. The first kappa shape index (κ1) is 20.7. The van der Waals surface area contributed by atoms with Crippen LogP contribution in [0.4, 0.5) is 23.2 Å². The number of amides is 1. The molecule has 1 aromatic carbocycles. The van der Waals surface area contributed by atoms with E-state index in [-0.39, 0.29) is 24.9 Å². The molecule has 4 atom stereocenters. The number of alkyl halides is 3. The summed E-state index contributed by atoms with van der Waals surface area (Å²) in [4.78, 5) is 16.9. The maximum absolute atomic E-state index is 13.6. The first-order valence-corrected chi connectivity index (χ1v) is 9.52. The van der Waals surface area contributed by atoms with E-state index in [0.717, 1.165) is 12.1 Å². The summed E-state index contributed by atoms with van der Waals surface area (Å²) < 4.78 is 58.7. The summed E-state index contributed by atoms with van der Waals surface area (Å²) >= 11 is 0. The zero-order valence-electron chi connectivity index (χ0n) is 16.0. The van der Waals surface area contributed by atoms with Gasteiger partial charge < -0.3 is 15.2 Å². The molecule has 0 spiro atoms. The molecule has 2 N–H and O–H groups in total. The Morgan fingerprint density at radius 2 is 2.10 bits per heavy atom. The Balaban J connectivity index is 1.66. The number of benzene rings is 1. The lowest BCUT2D eigenvalue weighted by Crippen LogP contribution is -2.48. The molecular formula is C21H20F4N2O3. The van der Waals surface area contributed by atoms with Crippen LogP contribution in [0.15, 0.2) is 36.5 Å². The molecule has 3 heterocycles. The molecule has 0 saturated carbocycles. The molecule has 9 heteroatoms. The van der Waals surface area contributed by atoms with Crippen LogP contribution < -0.4 is 5.32 Å². The quantitative estimate of drug-likeness (QED) is 0.581. The Kier molecular flexibility index (Phi) is 5.06. The maximum atomic E-state index is 13.6. The standard InChI is InChI=1S/C21H20F4N2O3/c1-11-2-3-13(21(23,24)25)7-14(11)27-19(29)20(9-12-4-5-26-18(22)6-12)10-16-15(28)8-17(20)30-16/h2-7,15-17,28H,8-10H2,1H3,(H,27,29)/t15-,16+,17+,20-/m0/s1. The van der Waals surface area contributed by atoms with Crippen molar-refractivity contribution in [2.45, 2.75) is 50.7 Å². The van der Waals surface area contributed by atoms with Crippen molar-refractivity contribution in [3.05, 3.63) is 59.2 Å². The largest absolute Gasteiger partial charge is 0.416 e. The van der Waals surface area contributed by atoms with E-state index in [1.807, 2.05) is 0 Å². The lowest BCUT2D eigenvalue weighted by atomic mass is 9.68. The molecule has 2 bridgehead atoms. The molecule has 5 nitrogen and oxygen atoms in total. The number of anilines is 1. The fourth-order valence-electron chi connectivity index (χ4n) is 4.36. The van der Waals surface area contributed by atoms with Gasteiger partial charge in [0.2, 0.25) is 11.9 Å². The zero-order chi connectivity index (χ0) is 21.7. The van der Waals surface area contributed by atoms with Gasteiger partial charge in [-0.25, -0.2) is 4.98 Å². The van der Waals surface area contributed by atoms with E-state index in [1.54, 1.807) is 13.0 Å². The number of hydrogen-bond acceptors (Lipinski definition) is 4. The van der Waals surface area contributed by atoms with E-state index in [9.17, 15) is 27.5 Å². The molecule has 30 heavy (non-hydrogen) atoms. The van der Waals surface area contributed by atoms with Crippen LogP contribution in [0.3, 0.4) is 0 Å². The van der Waals surface area contributed by atoms with Crippen LogP contribution in [0.5, 0.6) is 0 Å². The van der Waals surface area contributed by atoms with Crippen molar-refractivity contribution in [2.24, 2.45) is 5.41 Å². The van der Waals surface area contributed by atoms with Gasteiger partial charge in [-0.2, -0.15) is 17.6 Å². The van der Waals surface area contributed by atoms with Crippen molar-refractivity contribution in [1.82, 2.24) is 4.98 Å². The number of aromatic nitrogens is 1. The summed E-state index contributed by atoms with van der Waals surface area (Å²) in [5.74, 6) is -1.21. The smallest absolute Gasteiger partial charge is 0.390 e. The van der Waals surface area contributed by atoms with E-state index in [0.29, 0.717) is 11.1 Å².